The minimum atomic E-state index is -1.21. The van der Waals surface area contributed by atoms with Crippen molar-refractivity contribution < 1.29 is 19.4 Å². The summed E-state index contributed by atoms with van der Waals surface area (Å²) in [6, 6.07) is 7.50. The van der Waals surface area contributed by atoms with Crippen LogP contribution in [0.15, 0.2) is 24.3 Å². The molecule has 0 atom stereocenters. The molecular weight excluding hydrogens is 300 g/mol. The molecule has 2 aromatic rings. The van der Waals surface area contributed by atoms with Gasteiger partial charge in [0.15, 0.2) is 5.69 Å². The second kappa shape index (κ2) is 7.50. The maximum atomic E-state index is 12.1. The highest BCUT2D eigenvalue weighted by atomic mass is 16.5. The predicted octanol–water partition coefficient (Wildman–Crippen LogP) is 1.32. The Kier molecular flexibility index (Phi) is 5.42. The van der Waals surface area contributed by atoms with Crippen molar-refractivity contribution in [1.82, 2.24) is 15.0 Å². The third kappa shape index (κ3) is 4.13. The van der Waals surface area contributed by atoms with Crippen molar-refractivity contribution in [3.63, 3.8) is 0 Å². The molecule has 8 heteroatoms. The number of aromatic carboxylic acids is 1. The number of carboxylic acids is 1. The van der Waals surface area contributed by atoms with Crippen LogP contribution < -0.4 is 5.32 Å². The molecule has 8 nitrogen and oxygen atoms in total. The molecule has 0 unspecified atom stereocenters. The summed E-state index contributed by atoms with van der Waals surface area (Å²) in [6.45, 7) is 1.91. The molecule has 0 aliphatic heterocycles. The van der Waals surface area contributed by atoms with E-state index in [1.165, 1.54) is 17.4 Å². The van der Waals surface area contributed by atoms with Gasteiger partial charge in [-0.15, -0.1) is 5.10 Å². The summed E-state index contributed by atoms with van der Waals surface area (Å²) < 4.78 is 6.17. The molecule has 0 aliphatic carbocycles. The van der Waals surface area contributed by atoms with Gasteiger partial charge in [0.1, 0.15) is 6.54 Å². The summed E-state index contributed by atoms with van der Waals surface area (Å²) in [5.74, 6) is -1.53. The van der Waals surface area contributed by atoms with E-state index in [-0.39, 0.29) is 30.4 Å². The van der Waals surface area contributed by atoms with Crippen molar-refractivity contribution in [2.24, 2.45) is 0 Å². The number of nitrogens with one attached hydrogen (secondary N) is 1. The van der Waals surface area contributed by atoms with E-state index in [1.807, 2.05) is 24.3 Å². The van der Waals surface area contributed by atoms with Gasteiger partial charge in [-0.05, 0) is 24.1 Å². The summed E-state index contributed by atoms with van der Waals surface area (Å²) in [4.78, 5) is 23.2. The van der Waals surface area contributed by atoms with Crippen LogP contribution in [0.3, 0.4) is 0 Å². The smallest absolute Gasteiger partial charge is 0.358 e. The number of nitrogens with zero attached hydrogens (tertiary/aromatic N) is 3. The highest BCUT2D eigenvalue weighted by Crippen LogP contribution is 2.11. The van der Waals surface area contributed by atoms with E-state index < -0.39 is 5.97 Å². The lowest BCUT2D eigenvalue weighted by Gasteiger charge is -2.08. The summed E-state index contributed by atoms with van der Waals surface area (Å²) >= 11 is 0. The predicted molar refractivity (Wildman–Crippen MR) is 82.1 cm³/mol. The SMILES string of the molecule is CCc1ccc(NC(=O)Cn2nnc(C(=O)O)c2COC)cc1. The van der Waals surface area contributed by atoms with Crippen LogP contribution in [-0.2, 0) is 29.1 Å². The molecule has 1 amide bonds. The zero-order chi connectivity index (χ0) is 16.8. The zero-order valence-electron chi connectivity index (χ0n) is 12.9. The number of carbonyl (C=O) groups excluding carboxylic acids is 1. The second-order valence-electron chi connectivity index (χ2n) is 4.88. The molecule has 0 spiro atoms. The van der Waals surface area contributed by atoms with Crippen LogP contribution in [0.4, 0.5) is 5.69 Å². The molecule has 0 saturated carbocycles. The third-order valence-corrected chi connectivity index (χ3v) is 3.26. The molecule has 0 fully saturated rings. The van der Waals surface area contributed by atoms with E-state index in [9.17, 15) is 9.59 Å². The zero-order valence-corrected chi connectivity index (χ0v) is 12.9. The minimum Gasteiger partial charge on any atom is -0.476 e. The van der Waals surface area contributed by atoms with Gasteiger partial charge in [-0.25, -0.2) is 9.48 Å². The number of ether oxygens (including phenoxy) is 1. The van der Waals surface area contributed by atoms with Crippen LogP contribution in [0.1, 0.15) is 28.7 Å². The number of amides is 1. The molecule has 2 rings (SSSR count). The fourth-order valence-corrected chi connectivity index (χ4v) is 2.07. The van der Waals surface area contributed by atoms with Crippen LogP contribution in [0.2, 0.25) is 0 Å². The lowest BCUT2D eigenvalue weighted by Crippen LogP contribution is -2.21. The molecule has 23 heavy (non-hydrogen) atoms. The number of anilines is 1. The van der Waals surface area contributed by atoms with Crippen LogP contribution >= 0.6 is 0 Å². The van der Waals surface area contributed by atoms with E-state index in [4.69, 9.17) is 9.84 Å². The lowest BCUT2D eigenvalue weighted by atomic mass is 10.1. The first kappa shape index (κ1) is 16.6. The molecular formula is C15H18N4O4. The van der Waals surface area contributed by atoms with Crippen LogP contribution in [-0.4, -0.2) is 39.1 Å². The Bertz CT molecular complexity index is 694. The van der Waals surface area contributed by atoms with E-state index in [0.29, 0.717) is 5.69 Å². The highest BCUT2D eigenvalue weighted by Gasteiger charge is 2.20. The standard InChI is InChI=1S/C15H18N4O4/c1-3-10-4-6-11(7-5-10)16-13(20)8-19-12(9-23-2)14(15(21)22)17-18-19/h4-7H,3,8-9H2,1-2H3,(H,16,20)(H,21,22). The number of carbonyl (C=O) groups is 2. The van der Waals surface area contributed by atoms with Gasteiger partial charge in [-0.3, -0.25) is 4.79 Å². The van der Waals surface area contributed by atoms with Gasteiger partial charge in [-0.1, -0.05) is 24.3 Å². The second-order valence-corrected chi connectivity index (χ2v) is 4.88. The number of hydrogen-bond acceptors (Lipinski definition) is 5. The summed E-state index contributed by atoms with van der Waals surface area (Å²) in [5, 5.41) is 19.1. The first-order chi connectivity index (χ1) is 11.0. The first-order valence-electron chi connectivity index (χ1n) is 7.08. The number of aryl methyl sites for hydroxylation is 1. The summed E-state index contributed by atoms with van der Waals surface area (Å²) in [6.07, 6.45) is 0.922. The van der Waals surface area contributed by atoms with Gasteiger partial charge in [-0.2, -0.15) is 0 Å². The Morgan fingerprint density at radius 1 is 1.30 bits per heavy atom. The molecule has 2 N–H and O–H groups in total. The number of benzene rings is 1. The normalized spacial score (nSPS) is 10.5. The molecule has 0 radical (unpaired) electrons. The minimum absolute atomic E-state index is 0.00705. The number of rotatable bonds is 7. The van der Waals surface area contributed by atoms with E-state index >= 15 is 0 Å². The molecule has 1 heterocycles. The van der Waals surface area contributed by atoms with Crippen LogP contribution in [0.25, 0.3) is 0 Å². The maximum Gasteiger partial charge on any atom is 0.358 e. The fourth-order valence-electron chi connectivity index (χ4n) is 2.07. The van der Waals surface area contributed by atoms with Gasteiger partial charge < -0.3 is 15.2 Å². The van der Waals surface area contributed by atoms with E-state index in [0.717, 1.165) is 6.42 Å². The van der Waals surface area contributed by atoms with Crippen molar-refractivity contribution in [2.75, 3.05) is 12.4 Å². The lowest BCUT2D eigenvalue weighted by molar-refractivity contribution is -0.117. The van der Waals surface area contributed by atoms with Crippen molar-refractivity contribution in [3.8, 4) is 0 Å². The van der Waals surface area contributed by atoms with Gasteiger partial charge in [0.25, 0.3) is 0 Å². The molecule has 0 saturated heterocycles. The van der Waals surface area contributed by atoms with Gasteiger partial charge >= 0.3 is 5.97 Å². The van der Waals surface area contributed by atoms with Crippen LogP contribution in [0.5, 0.6) is 0 Å². The van der Waals surface area contributed by atoms with Crippen molar-refractivity contribution in [2.45, 2.75) is 26.5 Å². The average Bonchev–Trinajstić information content (AvgIpc) is 2.91. The summed E-state index contributed by atoms with van der Waals surface area (Å²) in [5.41, 5.74) is 1.87. The Labute approximate surface area is 133 Å². The third-order valence-electron chi connectivity index (χ3n) is 3.26. The van der Waals surface area contributed by atoms with Crippen molar-refractivity contribution >= 4 is 17.6 Å². The quantitative estimate of drug-likeness (QED) is 0.797. The Hall–Kier alpha value is -2.74. The van der Waals surface area contributed by atoms with E-state index in [2.05, 4.69) is 22.6 Å². The first-order valence-corrected chi connectivity index (χ1v) is 7.08. The van der Waals surface area contributed by atoms with Gasteiger partial charge in [0.2, 0.25) is 5.91 Å². The Balaban J connectivity index is 2.08. The van der Waals surface area contributed by atoms with Crippen molar-refractivity contribution in [1.29, 1.82) is 0 Å². The summed E-state index contributed by atoms with van der Waals surface area (Å²) in [7, 11) is 1.43. The molecule has 0 aliphatic rings. The highest BCUT2D eigenvalue weighted by molar-refractivity contribution is 5.91. The van der Waals surface area contributed by atoms with E-state index in [1.54, 1.807) is 0 Å². The monoisotopic (exact) mass is 318 g/mol. The number of hydrogen-bond donors (Lipinski definition) is 2. The molecule has 122 valence electrons. The molecule has 0 bridgehead atoms. The number of aromatic nitrogens is 3. The fraction of sp³-hybridized carbons (Fsp3) is 0.333. The average molecular weight is 318 g/mol. The Morgan fingerprint density at radius 3 is 2.57 bits per heavy atom. The topological polar surface area (TPSA) is 106 Å². The van der Waals surface area contributed by atoms with Gasteiger partial charge in [0.05, 0.1) is 12.3 Å². The van der Waals surface area contributed by atoms with Crippen LogP contribution in [0, 0.1) is 0 Å². The largest absolute Gasteiger partial charge is 0.476 e. The number of carboxylic acid groups (broad SMARTS) is 1. The Morgan fingerprint density at radius 2 is 2.00 bits per heavy atom. The number of methoxy groups -OCH3 is 1. The van der Waals surface area contributed by atoms with Gasteiger partial charge in [0, 0.05) is 12.8 Å². The molecule has 1 aromatic heterocycles. The molecule has 1 aromatic carbocycles. The maximum absolute atomic E-state index is 12.1. The van der Waals surface area contributed by atoms with Crippen molar-refractivity contribution in [3.05, 3.63) is 41.2 Å².